The summed E-state index contributed by atoms with van der Waals surface area (Å²) in [6.45, 7) is 3.21. The molecule has 0 amide bonds. The summed E-state index contributed by atoms with van der Waals surface area (Å²) < 4.78 is 0. The van der Waals surface area contributed by atoms with Gasteiger partial charge in [-0.2, -0.15) is 0 Å². The average molecular weight is 397 g/mol. The first-order valence-corrected chi connectivity index (χ1v) is 12.9. The molecule has 0 aromatic carbocycles. The van der Waals surface area contributed by atoms with E-state index in [9.17, 15) is 0 Å². The summed E-state index contributed by atoms with van der Waals surface area (Å²) >= 11 is 0. The predicted molar refractivity (Wildman–Crippen MR) is 123 cm³/mol. The van der Waals surface area contributed by atoms with Crippen LogP contribution in [0.5, 0.6) is 0 Å². The highest BCUT2D eigenvalue weighted by atomic mass is 16.3. The van der Waals surface area contributed by atoms with Gasteiger partial charge in [0.1, 0.15) is 0 Å². The average Bonchev–Trinajstić information content (AvgIpc) is 3.06. The zero-order chi connectivity index (χ0) is 20.3. The van der Waals surface area contributed by atoms with Crippen molar-refractivity contribution in [2.24, 2.45) is 11.3 Å². The Morgan fingerprint density at radius 1 is 0.571 bits per heavy atom. The fraction of sp³-hybridized carbons (Fsp3) is 1.00. The van der Waals surface area contributed by atoms with Crippen molar-refractivity contribution in [3.8, 4) is 0 Å². The van der Waals surface area contributed by atoms with Gasteiger partial charge in [0, 0.05) is 13.2 Å². The Balaban J connectivity index is 2.06. The fourth-order valence-corrected chi connectivity index (χ4v) is 5.42. The minimum atomic E-state index is 0.366. The van der Waals surface area contributed by atoms with Gasteiger partial charge in [-0.05, 0) is 49.9 Å². The first kappa shape index (κ1) is 26.0. The zero-order valence-electron chi connectivity index (χ0n) is 19.2. The molecule has 0 heterocycles. The number of hydrogen-bond donors (Lipinski definition) is 2. The second kappa shape index (κ2) is 17.8. The van der Waals surface area contributed by atoms with Gasteiger partial charge in [0.2, 0.25) is 0 Å². The van der Waals surface area contributed by atoms with Gasteiger partial charge in [-0.25, -0.2) is 0 Å². The van der Waals surface area contributed by atoms with Gasteiger partial charge >= 0.3 is 0 Å². The van der Waals surface area contributed by atoms with Crippen LogP contribution in [-0.4, -0.2) is 23.4 Å². The highest BCUT2D eigenvalue weighted by Crippen LogP contribution is 2.49. The predicted octanol–water partition coefficient (Wildman–Crippen LogP) is 7.80. The molecular weight excluding hydrogens is 344 g/mol. The van der Waals surface area contributed by atoms with Crippen LogP contribution in [0, 0.1) is 11.3 Å². The topological polar surface area (TPSA) is 40.5 Å². The normalized spacial score (nSPS) is 18.8. The molecule has 0 spiro atoms. The second-order valence-corrected chi connectivity index (χ2v) is 9.95. The fourth-order valence-electron chi connectivity index (χ4n) is 5.42. The maximum absolute atomic E-state index is 8.82. The lowest BCUT2D eigenvalue weighted by atomic mass is 9.76. The van der Waals surface area contributed by atoms with E-state index in [4.69, 9.17) is 10.2 Å². The van der Waals surface area contributed by atoms with Gasteiger partial charge < -0.3 is 10.2 Å². The van der Waals surface area contributed by atoms with Crippen molar-refractivity contribution in [3.05, 3.63) is 0 Å². The molecule has 0 aromatic rings. The van der Waals surface area contributed by atoms with Crippen LogP contribution in [0.15, 0.2) is 0 Å². The van der Waals surface area contributed by atoms with Crippen LogP contribution in [0.1, 0.15) is 142 Å². The maximum Gasteiger partial charge on any atom is 0.0431 e. The number of unbranched alkanes of at least 4 members (excludes halogenated alkanes) is 14. The van der Waals surface area contributed by atoms with E-state index in [0.717, 1.165) is 18.8 Å². The van der Waals surface area contributed by atoms with E-state index in [-0.39, 0.29) is 0 Å². The number of rotatable bonds is 20. The molecule has 2 heteroatoms. The highest BCUT2D eigenvalue weighted by molar-refractivity contribution is 4.87. The highest BCUT2D eigenvalue weighted by Gasteiger charge is 2.35. The van der Waals surface area contributed by atoms with Crippen molar-refractivity contribution in [3.63, 3.8) is 0 Å². The van der Waals surface area contributed by atoms with Crippen LogP contribution in [0.2, 0.25) is 0 Å². The van der Waals surface area contributed by atoms with Crippen LogP contribution >= 0.6 is 0 Å². The third-order valence-corrected chi connectivity index (χ3v) is 7.18. The Bertz CT molecular complexity index is 306. The summed E-state index contributed by atoms with van der Waals surface area (Å²) in [4.78, 5) is 0. The lowest BCUT2D eigenvalue weighted by molar-refractivity contribution is 0.221. The van der Waals surface area contributed by atoms with Gasteiger partial charge in [0.25, 0.3) is 0 Å². The molecule has 1 unspecified atom stereocenters. The van der Waals surface area contributed by atoms with E-state index < -0.39 is 0 Å². The molecule has 1 rings (SSSR count). The summed E-state index contributed by atoms with van der Waals surface area (Å²) in [5.74, 6) is 0.957. The first-order chi connectivity index (χ1) is 13.7. The standard InChI is InChI=1S/C26H52O2/c1-25-18-21-26(24-25,19-14-10-6-2-4-8-12-16-22-27)20-15-11-7-3-5-9-13-17-23-28/h25,27-28H,2-24H2,1H3. The van der Waals surface area contributed by atoms with Gasteiger partial charge in [0.15, 0.2) is 0 Å². The molecule has 0 saturated heterocycles. The summed E-state index contributed by atoms with van der Waals surface area (Å²) in [5.41, 5.74) is 0.696. The van der Waals surface area contributed by atoms with Gasteiger partial charge in [0.05, 0.1) is 0 Å². The van der Waals surface area contributed by atoms with Crippen LogP contribution in [0.3, 0.4) is 0 Å². The van der Waals surface area contributed by atoms with Crippen molar-refractivity contribution in [2.45, 2.75) is 142 Å². The third-order valence-electron chi connectivity index (χ3n) is 7.18. The van der Waals surface area contributed by atoms with Crippen molar-refractivity contribution in [2.75, 3.05) is 13.2 Å². The van der Waals surface area contributed by atoms with Crippen LogP contribution in [0.4, 0.5) is 0 Å². The number of aliphatic hydroxyl groups excluding tert-OH is 2. The molecule has 1 aliphatic carbocycles. The first-order valence-electron chi connectivity index (χ1n) is 12.9. The summed E-state index contributed by atoms with van der Waals surface area (Å²) in [7, 11) is 0. The molecule has 2 N–H and O–H groups in total. The van der Waals surface area contributed by atoms with E-state index in [2.05, 4.69) is 6.92 Å². The van der Waals surface area contributed by atoms with E-state index in [1.807, 2.05) is 0 Å². The number of aliphatic hydroxyl groups is 2. The molecule has 0 radical (unpaired) electrons. The molecule has 1 fully saturated rings. The Morgan fingerprint density at radius 3 is 1.25 bits per heavy atom. The third kappa shape index (κ3) is 13.2. The van der Waals surface area contributed by atoms with E-state index >= 15 is 0 Å². The van der Waals surface area contributed by atoms with Crippen LogP contribution in [0.25, 0.3) is 0 Å². The van der Waals surface area contributed by atoms with Crippen LogP contribution < -0.4 is 0 Å². The summed E-state index contributed by atoms with van der Waals surface area (Å²) in [6.07, 6.45) is 28.6. The minimum absolute atomic E-state index is 0.366. The lowest BCUT2D eigenvalue weighted by Crippen LogP contribution is -2.17. The van der Waals surface area contributed by atoms with E-state index in [1.165, 1.54) is 122 Å². The molecule has 28 heavy (non-hydrogen) atoms. The van der Waals surface area contributed by atoms with Gasteiger partial charge in [-0.1, -0.05) is 103 Å². The second-order valence-electron chi connectivity index (χ2n) is 9.95. The van der Waals surface area contributed by atoms with Crippen molar-refractivity contribution in [1.29, 1.82) is 0 Å². The molecule has 1 atom stereocenters. The molecule has 2 nitrogen and oxygen atoms in total. The number of hydrogen-bond acceptors (Lipinski definition) is 2. The van der Waals surface area contributed by atoms with E-state index in [0.29, 0.717) is 18.6 Å². The van der Waals surface area contributed by atoms with Crippen molar-refractivity contribution < 1.29 is 10.2 Å². The van der Waals surface area contributed by atoms with Crippen LogP contribution in [-0.2, 0) is 0 Å². The minimum Gasteiger partial charge on any atom is -0.396 e. The van der Waals surface area contributed by atoms with Gasteiger partial charge in [-0.15, -0.1) is 0 Å². The Kier molecular flexibility index (Phi) is 16.5. The molecule has 0 aliphatic heterocycles. The summed E-state index contributed by atoms with van der Waals surface area (Å²) in [5, 5.41) is 17.6. The van der Waals surface area contributed by atoms with E-state index in [1.54, 1.807) is 0 Å². The Morgan fingerprint density at radius 2 is 0.929 bits per heavy atom. The SMILES string of the molecule is CC1CCC(CCCCCCCCCCO)(CCCCCCCCCCO)C1. The van der Waals surface area contributed by atoms with Gasteiger partial charge in [-0.3, -0.25) is 0 Å². The summed E-state index contributed by atoms with van der Waals surface area (Å²) in [6, 6.07) is 0. The molecule has 1 aliphatic rings. The van der Waals surface area contributed by atoms with Crippen molar-refractivity contribution >= 4 is 0 Å². The largest absolute Gasteiger partial charge is 0.396 e. The quantitative estimate of drug-likeness (QED) is 0.206. The molecule has 0 bridgehead atoms. The molecule has 0 aromatic heterocycles. The molecular formula is C26H52O2. The monoisotopic (exact) mass is 396 g/mol. The molecule has 168 valence electrons. The maximum atomic E-state index is 8.82. The Labute approximate surface area is 176 Å². The van der Waals surface area contributed by atoms with Crippen molar-refractivity contribution in [1.82, 2.24) is 0 Å². The zero-order valence-corrected chi connectivity index (χ0v) is 19.2. The smallest absolute Gasteiger partial charge is 0.0431 e. The molecule has 1 saturated carbocycles. The lowest BCUT2D eigenvalue weighted by Gasteiger charge is -2.30. The Hall–Kier alpha value is -0.0800.